The normalized spacial score (nSPS) is 11.0. The summed E-state index contributed by atoms with van der Waals surface area (Å²) in [5, 5.41) is 1.14. The molecule has 2 aromatic carbocycles. The largest absolute Gasteiger partial charge is 0.256 e. The molecule has 1 aromatic heterocycles. The standard InChI is InChI=1S/C15H7BrClF2N/c16-9-1-2-14-12(5-9)15(17)13(7-20-14)8-3-10(18)6-11(19)4-8/h1-7H. The Kier molecular flexibility index (Phi) is 3.44. The summed E-state index contributed by atoms with van der Waals surface area (Å²) < 4.78 is 27.5. The van der Waals surface area contributed by atoms with Crippen molar-refractivity contribution in [1.82, 2.24) is 4.98 Å². The van der Waals surface area contributed by atoms with Gasteiger partial charge in [0, 0.05) is 27.7 Å². The minimum absolute atomic E-state index is 0.363. The monoisotopic (exact) mass is 353 g/mol. The third kappa shape index (κ3) is 2.41. The van der Waals surface area contributed by atoms with E-state index in [-0.39, 0.29) is 0 Å². The molecule has 0 bridgehead atoms. The van der Waals surface area contributed by atoms with Crippen molar-refractivity contribution in [2.75, 3.05) is 0 Å². The summed E-state index contributed by atoms with van der Waals surface area (Å²) in [6, 6.07) is 8.78. The van der Waals surface area contributed by atoms with Crippen LogP contribution in [0.1, 0.15) is 0 Å². The van der Waals surface area contributed by atoms with Gasteiger partial charge in [-0.05, 0) is 35.9 Å². The molecule has 0 radical (unpaired) electrons. The Morgan fingerprint density at radius 1 is 1.00 bits per heavy atom. The van der Waals surface area contributed by atoms with Crippen molar-refractivity contribution in [3.63, 3.8) is 0 Å². The van der Waals surface area contributed by atoms with E-state index in [1.54, 1.807) is 0 Å². The smallest absolute Gasteiger partial charge is 0.126 e. The highest BCUT2D eigenvalue weighted by atomic mass is 79.9. The molecule has 0 saturated heterocycles. The predicted molar refractivity (Wildman–Crippen MR) is 79.8 cm³/mol. The summed E-state index contributed by atoms with van der Waals surface area (Å²) in [5.41, 5.74) is 1.58. The Bertz CT molecular complexity index is 800. The Hall–Kier alpha value is -1.52. The lowest BCUT2D eigenvalue weighted by Crippen LogP contribution is -1.88. The van der Waals surface area contributed by atoms with Crippen LogP contribution in [-0.2, 0) is 0 Å². The molecule has 5 heteroatoms. The molecule has 0 spiro atoms. The summed E-state index contributed by atoms with van der Waals surface area (Å²) >= 11 is 9.71. The molecule has 0 aliphatic rings. The molecule has 1 heterocycles. The van der Waals surface area contributed by atoms with E-state index in [2.05, 4.69) is 20.9 Å². The number of benzene rings is 2. The lowest BCUT2D eigenvalue weighted by atomic mass is 10.0. The van der Waals surface area contributed by atoms with Crippen LogP contribution in [0.2, 0.25) is 5.02 Å². The van der Waals surface area contributed by atoms with Crippen LogP contribution in [0.3, 0.4) is 0 Å². The third-order valence-corrected chi connectivity index (χ3v) is 3.84. The minimum atomic E-state index is -0.648. The van der Waals surface area contributed by atoms with Gasteiger partial charge in [-0.15, -0.1) is 0 Å². The quantitative estimate of drug-likeness (QED) is 0.554. The highest BCUT2D eigenvalue weighted by Crippen LogP contribution is 2.34. The fourth-order valence-electron chi connectivity index (χ4n) is 2.04. The van der Waals surface area contributed by atoms with Gasteiger partial charge in [0.25, 0.3) is 0 Å². The van der Waals surface area contributed by atoms with Gasteiger partial charge in [-0.1, -0.05) is 27.5 Å². The van der Waals surface area contributed by atoms with Crippen molar-refractivity contribution in [3.05, 3.63) is 63.7 Å². The van der Waals surface area contributed by atoms with Gasteiger partial charge in [-0.25, -0.2) is 8.78 Å². The van der Waals surface area contributed by atoms with Crippen LogP contribution in [0.25, 0.3) is 22.0 Å². The Morgan fingerprint density at radius 2 is 1.70 bits per heavy atom. The van der Waals surface area contributed by atoms with E-state index in [9.17, 15) is 8.78 Å². The van der Waals surface area contributed by atoms with E-state index in [1.165, 1.54) is 18.3 Å². The lowest BCUT2D eigenvalue weighted by molar-refractivity contribution is 0.584. The van der Waals surface area contributed by atoms with Gasteiger partial charge in [0.05, 0.1) is 10.5 Å². The van der Waals surface area contributed by atoms with Crippen molar-refractivity contribution in [1.29, 1.82) is 0 Å². The summed E-state index contributed by atoms with van der Waals surface area (Å²) in [5.74, 6) is -1.30. The van der Waals surface area contributed by atoms with Crippen LogP contribution < -0.4 is 0 Å². The zero-order valence-corrected chi connectivity index (χ0v) is 12.3. The third-order valence-electron chi connectivity index (χ3n) is 2.94. The van der Waals surface area contributed by atoms with E-state index in [4.69, 9.17) is 11.6 Å². The molecule has 0 N–H and O–H groups in total. The van der Waals surface area contributed by atoms with E-state index in [0.717, 1.165) is 21.4 Å². The molecule has 3 aromatic rings. The highest BCUT2D eigenvalue weighted by molar-refractivity contribution is 9.10. The van der Waals surface area contributed by atoms with Gasteiger partial charge >= 0.3 is 0 Å². The zero-order valence-electron chi connectivity index (χ0n) is 10.0. The fraction of sp³-hybridized carbons (Fsp3) is 0. The van der Waals surface area contributed by atoms with Crippen LogP contribution in [0.4, 0.5) is 8.78 Å². The first-order chi connectivity index (χ1) is 9.54. The fourth-order valence-corrected chi connectivity index (χ4v) is 2.71. The number of fused-ring (bicyclic) bond motifs is 1. The predicted octanol–water partition coefficient (Wildman–Crippen LogP) is 5.60. The first-order valence-electron chi connectivity index (χ1n) is 5.75. The number of aromatic nitrogens is 1. The molecule has 0 saturated carbocycles. The maximum atomic E-state index is 13.3. The van der Waals surface area contributed by atoms with Crippen LogP contribution in [0.5, 0.6) is 0 Å². The van der Waals surface area contributed by atoms with Gasteiger partial charge in [0.1, 0.15) is 11.6 Å². The molecule has 0 atom stereocenters. The zero-order chi connectivity index (χ0) is 14.3. The van der Waals surface area contributed by atoms with Crippen molar-refractivity contribution < 1.29 is 8.78 Å². The molecule has 3 rings (SSSR count). The summed E-state index contributed by atoms with van der Waals surface area (Å²) in [6.45, 7) is 0. The Morgan fingerprint density at radius 3 is 2.40 bits per heavy atom. The molecule has 0 unspecified atom stereocenters. The number of nitrogens with zero attached hydrogens (tertiary/aromatic N) is 1. The minimum Gasteiger partial charge on any atom is -0.256 e. The van der Waals surface area contributed by atoms with Gasteiger partial charge in [-0.3, -0.25) is 4.98 Å². The van der Waals surface area contributed by atoms with Crippen molar-refractivity contribution >= 4 is 38.4 Å². The maximum Gasteiger partial charge on any atom is 0.126 e. The van der Waals surface area contributed by atoms with Gasteiger partial charge < -0.3 is 0 Å². The number of pyridine rings is 1. The molecular formula is C15H7BrClF2N. The highest BCUT2D eigenvalue weighted by Gasteiger charge is 2.11. The SMILES string of the molecule is Fc1cc(F)cc(-c2cnc3ccc(Br)cc3c2Cl)c1. The molecule has 0 amide bonds. The van der Waals surface area contributed by atoms with Crippen molar-refractivity contribution in [2.45, 2.75) is 0 Å². The number of halogens is 4. The van der Waals surface area contributed by atoms with Crippen molar-refractivity contribution in [2.24, 2.45) is 0 Å². The maximum absolute atomic E-state index is 13.3. The molecular weight excluding hydrogens is 348 g/mol. The molecule has 0 aliphatic carbocycles. The van der Waals surface area contributed by atoms with E-state index in [1.807, 2.05) is 18.2 Å². The molecule has 20 heavy (non-hydrogen) atoms. The van der Waals surface area contributed by atoms with E-state index in [0.29, 0.717) is 16.1 Å². The lowest BCUT2D eigenvalue weighted by Gasteiger charge is -2.08. The number of hydrogen-bond acceptors (Lipinski definition) is 1. The Labute approximate surface area is 127 Å². The summed E-state index contributed by atoms with van der Waals surface area (Å²) in [6.07, 6.45) is 1.52. The topological polar surface area (TPSA) is 12.9 Å². The van der Waals surface area contributed by atoms with Crippen molar-refractivity contribution in [3.8, 4) is 11.1 Å². The van der Waals surface area contributed by atoms with Crippen LogP contribution in [0, 0.1) is 11.6 Å². The average Bonchev–Trinajstić information content (AvgIpc) is 2.38. The van der Waals surface area contributed by atoms with Gasteiger partial charge in [0.2, 0.25) is 0 Å². The Balaban J connectivity index is 2.28. The average molecular weight is 355 g/mol. The second kappa shape index (κ2) is 5.11. The number of rotatable bonds is 1. The molecule has 1 nitrogen and oxygen atoms in total. The molecule has 100 valence electrons. The summed E-state index contributed by atoms with van der Waals surface area (Å²) in [4.78, 5) is 4.27. The molecule has 0 aliphatic heterocycles. The van der Waals surface area contributed by atoms with Crippen LogP contribution in [0.15, 0.2) is 47.1 Å². The van der Waals surface area contributed by atoms with Gasteiger partial charge in [0.15, 0.2) is 0 Å². The van der Waals surface area contributed by atoms with E-state index < -0.39 is 11.6 Å². The van der Waals surface area contributed by atoms with Crippen LogP contribution >= 0.6 is 27.5 Å². The van der Waals surface area contributed by atoms with Crippen LogP contribution in [-0.4, -0.2) is 4.98 Å². The first-order valence-corrected chi connectivity index (χ1v) is 6.92. The van der Waals surface area contributed by atoms with Gasteiger partial charge in [-0.2, -0.15) is 0 Å². The van der Waals surface area contributed by atoms with E-state index >= 15 is 0 Å². The summed E-state index contributed by atoms with van der Waals surface area (Å²) in [7, 11) is 0. The second-order valence-corrected chi connectivity index (χ2v) is 5.60. The number of hydrogen-bond donors (Lipinski definition) is 0. The molecule has 0 fully saturated rings. The second-order valence-electron chi connectivity index (χ2n) is 4.31. The first kappa shape index (κ1) is 13.5.